The molecule has 6 nitrogen and oxygen atoms in total. The summed E-state index contributed by atoms with van der Waals surface area (Å²) >= 11 is 0. The fourth-order valence-corrected chi connectivity index (χ4v) is 2.42. The average molecular weight is 353 g/mol. The van der Waals surface area contributed by atoms with Gasteiger partial charge in [-0.15, -0.1) is 0 Å². The summed E-state index contributed by atoms with van der Waals surface area (Å²) in [6.45, 7) is 2.08. The highest BCUT2D eigenvalue weighted by atomic mass is 16.5. The summed E-state index contributed by atoms with van der Waals surface area (Å²) in [5.74, 6) is 1.72. The summed E-state index contributed by atoms with van der Waals surface area (Å²) in [5, 5.41) is 0. The van der Waals surface area contributed by atoms with E-state index in [9.17, 15) is 4.79 Å². The molecule has 0 aliphatic carbocycles. The highest BCUT2D eigenvalue weighted by Crippen LogP contribution is 2.23. The molecule has 0 atom stereocenters. The second kappa shape index (κ2) is 7.74. The second-order valence-corrected chi connectivity index (χ2v) is 5.58. The van der Waals surface area contributed by atoms with Crippen molar-refractivity contribution < 1.29 is 23.4 Å². The molecule has 2 aromatic heterocycles. The van der Waals surface area contributed by atoms with Crippen LogP contribution in [0.15, 0.2) is 53.1 Å². The van der Waals surface area contributed by atoms with Crippen LogP contribution >= 0.6 is 0 Å². The van der Waals surface area contributed by atoms with Crippen molar-refractivity contribution in [3.8, 4) is 22.8 Å². The first-order valence-electron chi connectivity index (χ1n) is 8.01. The van der Waals surface area contributed by atoms with Gasteiger partial charge in [0.15, 0.2) is 0 Å². The average Bonchev–Trinajstić information content (AvgIpc) is 3.07. The summed E-state index contributed by atoms with van der Waals surface area (Å²) in [6.07, 6.45) is 1.68. The molecule has 0 saturated carbocycles. The Hall–Kier alpha value is -3.28. The number of carbonyl (C=O) groups is 1. The zero-order valence-electron chi connectivity index (χ0n) is 14.8. The lowest BCUT2D eigenvalue weighted by atomic mass is 10.1. The molecule has 0 aliphatic heterocycles. The fraction of sp³-hybridized carbons (Fsp3) is 0.200. The molecule has 3 aromatic rings. The molecule has 2 heterocycles. The van der Waals surface area contributed by atoms with E-state index in [0.29, 0.717) is 18.1 Å². The van der Waals surface area contributed by atoms with Crippen molar-refractivity contribution in [2.45, 2.75) is 13.5 Å². The molecule has 0 saturated heterocycles. The molecule has 134 valence electrons. The number of carbonyl (C=O) groups excluding carboxylic acids is 1. The molecule has 26 heavy (non-hydrogen) atoms. The summed E-state index contributed by atoms with van der Waals surface area (Å²) < 4.78 is 20.9. The van der Waals surface area contributed by atoms with E-state index in [4.69, 9.17) is 13.9 Å². The molecule has 1 aromatic carbocycles. The molecule has 0 radical (unpaired) electrons. The topological polar surface area (TPSA) is 70.8 Å². The Bertz CT molecular complexity index is 882. The Kier molecular flexibility index (Phi) is 5.22. The van der Waals surface area contributed by atoms with E-state index < -0.39 is 5.97 Å². The van der Waals surface area contributed by atoms with E-state index >= 15 is 0 Å². The molecule has 0 aliphatic rings. The first kappa shape index (κ1) is 17.5. The van der Waals surface area contributed by atoms with Gasteiger partial charge in [-0.05, 0) is 49.4 Å². The third kappa shape index (κ3) is 3.85. The maximum atomic E-state index is 11.5. The Labute approximate surface area is 151 Å². The predicted molar refractivity (Wildman–Crippen MR) is 95.3 cm³/mol. The minimum Gasteiger partial charge on any atom is -0.495 e. The summed E-state index contributed by atoms with van der Waals surface area (Å²) in [6, 6.07) is 13.0. The fourth-order valence-electron chi connectivity index (χ4n) is 2.42. The molecule has 0 amide bonds. The Balaban J connectivity index is 1.66. The highest BCUT2D eigenvalue weighted by molar-refractivity contribution is 5.86. The number of aryl methyl sites for hydroxylation is 1. The van der Waals surface area contributed by atoms with Crippen molar-refractivity contribution >= 4 is 5.97 Å². The number of esters is 1. The van der Waals surface area contributed by atoms with Crippen LogP contribution in [-0.4, -0.2) is 25.2 Å². The van der Waals surface area contributed by atoms with Gasteiger partial charge in [-0.3, -0.25) is 4.98 Å². The van der Waals surface area contributed by atoms with Gasteiger partial charge < -0.3 is 18.6 Å². The van der Waals surface area contributed by atoms with E-state index in [0.717, 1.165) is 22.6 Å². The number of nitrogens with zero attached hydrogens (tertiary/aromatic N) is 1. The van der Waals surface area contributed by atoms with Crippen molar-refractivity contribution in [2.75, 3.05) is 14.2 Å². The van der Waals surface area contributed by atoms with Crippen LogP contribution in [0.4, 0.5) is 0 Å². The number of furan rings is 1. The minimum absolute atomic E-state index is 0.171. The number of pyridine rings is 1. The standard InChI is InChI=1S/C20H19NO5/c1-13-15(10-19(26-13)20(22)24-3)12-25-16-6-4-14(5-7-16)18-9-8-17(23-2)11-21-18/h4-11H,12H2,1-3H3. The minimum atomic E-state index is -0.504. The van der Waals surface area contributed by atoms with Gasteiger partial charge in [-0.2, -0.15) is 0 Å². The molecule has 0 bridgehead atoms. The maximum absolute atomic E-state index is 11.5. The van der Waals surface area contributed by atoms with Gasteiger partial charge in [-0.25, -0.2) is 4.79 Å². The van der Waals surface area contributed by atoms with Crippen LogP contribution in [0, 0.1) is 6.92 Å². The molecule has 0 unspecified atom stereocenters. The number of ether oxygens (including phenoxy) is 3. The summed E-state index contributed by atoms with van der Waals surface area (Å²) in [5.41, 5.74) is 2.63. The second-order valence-electron chi connectivity index (χ2n) is 5.58. The SMILES string of the molecule is COC(=O)c1cc(COc2ccc(-c3ccc(OC)cn3)cc2)c(C)o1. The number of rotatable bonds is 6. The van der Waals surface area contributed by atoms with E-state index in [1.807, 2.05) is 36.4 Å². The summed E-state index contributed by atoms with van der Waals surface area (Å²) in [7, 11) is 2.92. The van der Waals surface area contributed by atoms with Crippen LogP contribution < -0.4 is 9.47 Å². The van der Waals surface area contributed by atoms with Crippen LogP contribution in [0.2, 0.25) is 0 Å². The number of aromatic nitrogens is 1. The molecule has 0 fully saturated rings. The smallest absolute Gasteiger partial charge is 0.373 e. The van der Waals surface area contributed by atoms with Gasteiger partial charge in [0.05, 0.1) is 26.1 Å². The first-order chi connectivity index (χ1) is 12.6. The van der Waals surface area contributed by atoms with Crippen molar-refractivity contribution in [3.05, 3.63) is 65.7 Å². The normalized spacial score (nSPS) is 10.4. The van der Waals surface area contributed by atoms with Crippen molar-refractivity contribution in [2.24, 2.45) is 0 Å². The van der Waals surface area contributed by atoms with Crippen LogP contribution in [0.5, 0.6) is 11.5 Å². The Morgan fingerprint density at radius 1 is 1.08 bits per heavy atom. The molecule has 0 spiro atoms. The summed E-state index contributed by atoms with van der Waals surface area (Å²) in [4.78, 5) is 15.9. The zero-order valence-corrected chi connectivity index (χ0v) is 14.8. The van der Waals surface area contributed by atoms with Gasteiger partial charge in [0.1, 0.15) is 23.9 Å². The van der Waals surface area contributed by atoms with Crippen molar-refractivity contribution in [3.63, 3.8) is 0 Å². The number of methoxy groups -OCH3 is 2. The quantitative estimate of drug-likeness (QED) is 0.623. The first-order valence-corrected chi connectivity index (χ1v) is 8.01. The van der Waals surface area contributed by atoms with Gasteiger partial charge in [-0.1, -0.05) is 0 Å². The van der Waals surface area contributed by atoms with Gasteiger partial charge in [0.25, 0.3) is 0 Å². The van der Waals surface area contributed by atoms with Gasteiger partial charge in [0, 0.05) is 11.1 Å². The van der Waals surface area contributed by atoms with Crippen LogP contribution in [-0.2, 0) is 11.3 Å². The van der Waals surface area contributed by atoms with Crippen LogP contribution in [0.1, 0.15) is 21.9 Å². The molecule has 6 heteroatoms. The van der Waals surface area contributed by atoms with E-state index in [-0.39, 0.29) is 5.76 Å². The lowest BCUT2D eigenvalue weighted by Crippen LogP contribution is -1.99. The molecule has 0 N–H and O–H groups in total. The van der Waals surface area contributed by atoms with Gasteiger partial charge >= 0.3 is 5.97 Å². The number of benzene rings is 1. The molecular formula is C20H19NO5. The van der Waals surface area contributed by atoms with E-state index in [2.05, 4.69) is 9.72 Å². The van der Waals surface area contributed by atoms with E-state index in [1.165, 1.54) is 7.11 Å². The van der Waals surface area contributed by atoms with Crippen molar-refractivity contribution in [1.29, 1.82) is 0 Å². The molecule has 3 rings (SSSR count). The van der Waals surface area contributed by atoms with Crippen LogP contribution in [0.3, 0.4) is 0 Å². The Morgan fingerprint density at radius 3 is 2.42 bits per heavy atom. The van der Waals surface area contributed by atoms with Crippen LogP contribution in [0.25, 0.3) is 11.3 Å². The monoisotopic (exact) mass is 353 g/mol. The zero-order chi connectivity index (χ0) is 18.5. The predicted octanol–water partition coefficient (Wildman–Crippen LogP) is 4.02. The third-order valence-corrected chi connectivity index (χ3v) is 3.92. The molecular weight excluding hydrogens is 334 g/mol. The van der Waals surface area contributed by atoms with Crippen molar-refractivity contribution in [1.82, 2.24) is 4.98 Å². The van der Waals surface area contributed by atoms with Gasteiger partial charge in [0.2, 0.25) is 5.76 Å². The van der Waals surface area contributed by atoms with E-state index in [1.54, 1.807) is 26.3 Å². The largest absolute Gasteiger partial charge is 0.495 e. The highest BCUT2D eigenvalue weighted by Gasteiger charge is 2.15. The number of hydrogen-bond donors (Lipinski definition) is 0. The lowest BCUT2D eigenvalue weighted by Gasteiger charge is -2.07. The third-order valence-electron chi connectivity index (χ3n) is 3.92. The maximum Gasteiger partial charge on any atom is 0.373 e. The number of hydrogen-bond acceptors (Lipinski definition) is 6. The Morgan fingerprint density at radius 2 is 1.81 bits per heavy atom. The lowest BCUT2D eigenvalue weighted by molar-refractivity contribution is 0.0563.